The first-order valence-electron chi connectivity index (χ1n) is 28.5. The van der Waals surface area contributed by atoms with Crippen LogP contribution in [0.25, 0.3) is 43.6 Å². The lowest BCUT2D eigenvalue weighted by atomic mass is 9.95. The third kappa shape index (κ3) is 11.1. The van der Waals surface area contributed by atoms with Gasteiger partial charge in [-0.15, -0.1) is 0 Å². The first-order valence-corrected chi connectivity index (χ1v) is 28.5. The molecule has 0 aliphatic carbocycles. The monoisotopic (exact) mass is 1110 g/mol. The Balaban J connectivity index is 0.725. The zero-order chi connectivity index (χ0) is 57.4. The standard InChI is InChI=1S/C69H66N4O10/c1-6-72-56-28-24-46(66(70-76)50-18-12-10-16-44(50)5)40-52(56)54-42-48(26-30-58(54)72)68(74)64-60(79-8-3)20-14-22-62(64)81-38-36-77-34-35-78-37-39-82-63-23-15-21-61(80-9-4)65(63)69(75)49-27-31-59-55(43-49)53-41-47(25-29-57(53)73(59)7-2)67-51-19-13-11-17-45(51)32-33-83-71-67/h10-31,40-43,76H,6-9,32-39H2,1-5H3/b70-66-. The molecule has 0 saturated carbocycles. The highest BCUT2D eigenvalue weighted by atomic mass is 16.6. The van der Waals surface area contributed by atoms with Crippen LogP contribution in [0.5, 0.6) is 23.0 Å². The van der Waals surface area contributed by atoms with Crippen LogP contribution in [0, 0.1) is 6.92 Å². The molecule has 8 aromatic carbocycles. The summed E-state index contributed by atoms with van der Waals surface area (Å²) in [4.78, 5) is 35.1. The topological polar surface area (TPSA) is 154 Å². The Morgan fingerprint density at radius 2 is 1.00 bits per heavy atom. The maximum atomic E-state index is 14.7. The Labute approximate surface area is 482 Å². The van der Waals surface area contributed by atoms with Crippen molar-refractivity contribution in [2.75, 3.05) is 59.5 Å². The third-order valence-corrected chi connectivity index (χ3v) is 15.2. The summed E-state index contributed by atoms with van der Waals surface area (Å²) in [5, 5.41) is 22.3. The minimum atomic E-state index is -0.244. The molecular formula is C69H66N4O10. The number of ketones is 2. The van der Waals surface area contributed by atoms with E-state index in [1.807, 2.05) is 118 Å². The summed E-state index contributed by atoms with van der Waals surface area (Å²) in [6.07, 6.45) is 0.778. The predicted molar refractivity (Wildman–Crippen MR) is 325 cm³/mol. The second-order valence-corrected chi connectivity index (χ2v) is 20.1. The molecule has 83 heavy (non-hydrogen) atoms. The van der Waals surface area contributed by atoms with Gasteiger partial charge in [0.1, 0.15) is 65.4 Å². The zero-order valence-corrected chi connectivity index (χ0v) is 47.4. The second-order valence-electron chi connectivity index (χ2n) is 20.1. The van der Waals surface area contributed by atoms with Gasteiger partial charge in [0.25, 0.3) is 0 Å². The lowest BCUT2D eigenvalue weighted by molar-refractivity contribution is 0.0271. The molecule has 3 heterocycles. The van der Waals surface area contributed by atoms with Crippen molar-refractivity contribution in [2.24, 2.45) is 10.3 Å². The Bertz CT molecular complexity index is 4120. The lowest BCUT2D eigenvalue weighted by Crippen LogP contribution is -2.15. The van der Waals surface area contributed by atoms with Crippen molar-refractivity contribution in [3.05, 3.63) is 213 Å². The fourth-order valence-electron chi connectivity index (χ4n) is 11.4. The SMILES string of the molecule is CCOc1cccc(OCCOCCOCCOc2cccc(OCC)c2C(=O)c2ccc3c(c2)c2cc(/C(=N/O)c4ccccc4C)ccc2n3CC)c1C(=O)c1ccc2c(c1)c1cc(C3=NOCCc4ccccc43)ccc1n2CC. The average Bonchev–Trinajstić information content (AvgIpc) is 3.75. The molecule has 0 unspecified atom stereocenters. The first kappa shape index (κ1) is 55.7. The van der Waals surface area contributed by atoms with Crippen LogP contribution in [0.3, 0.4) is 0 Å². The van der Waals surface area contributed by atoms with Gasteiger partial charge in [0.2, 0.25) is 11.6 Å². The van der Waals surface area contributed by atoms with E-state index in [1.165, 1.54) is 5.56 Å². The number of oxime groups is 2. The normalized spacial score (nSPS) is 12.5. The Hall–Kier alpha value is -9.24. The number of hydrogen-bond donors (Lipinski definition) is 1. The van der Waals surface area contributed by atoms with Crippen LogP contribution >= 0.6 is 0 Å². The molecule has 11 rings (SSSR count). The first-order chi connectivity index (χ1) is 40.7. The highest BCUT2D eigenvalue weighted by Crippen LogP contribution is 2.38. The molecule has 0 saturated heterocycles. The molecule has 14 nitrogen and oxygen atoms in total. The molecule has 0 atom stereocenters. The van der Waals surface area contributed by atoms with Crippen LogP contribution in [-0.2, 0) is 33.8 Å². The number of hydrogen-bond acceptors (Lipinski definition) is 12. The highest BCUT2D eigenvalue weighted by Gasteiger charge is 2.26. The fraction of sp³-hybridized carbons (Fsp3) is 0.246. The van der Waals surface area contributed by atoms with Gasteiger partial charge in [-0.25, -0.2) is 0 Å². The molecule has 422 valence electrons. The lowest BCUT2D eigenvalue weighted by Gasteiger charge is -2.16. The molecule has 0 bridgehead atoms. The van der Waals surface area contributed by atoms with Crippen LogP contribution in [-0.4, -0.2) is 96.8 Å². The summed E-state index contributed by atoms with van der Waals surface area (Å²) in [6, 6.07) is 50.8. The molecule has 10 aromatic rings. The van der Waals surface area contributed by atoms with Gasteiger partial charge in [0, 0.05) is 96.5 Å². The van der Waals surface area contributed by atoms with E-state index in [0.717, 1.165) is 90.1 Å². The molecule has 1 aliphatic rings. The molecule has 1 N–H and O–H groups in total. The van der Waals surface area contributed by atoms with Crippen LogP contribution in [0.2, 0.25) is 0 Å². The number of carbonyl (C=O) groups is 2. The van der Waals surface area contributed by atoms with Crippen molar-refractivity contribution < 1.29 is 48.1 Å². The smallest absolute Gasteiger partial charge is 0.200 e. The minimum absolute atomic E-state index is 0.169. The summed E-state index contributed by atoms with van der Waals surface area (Å²) in [5.74, 6) is 1.17. The van der Waals surface area contributed by atoms with E-state index in [1.54, 1.807) is 30.3 Å². The van der Waals surface area contributed by atoms with Crippen LogP contribution < -0.4 is 18.9 Å². The van der Waals surface area contributed by atoms with Crippen LogP contribution in [0.1, 0.15) is 92.9 Å². The van der Waals surface area contributed by atoms with Crippen LogP contribution in [0.15, 0.2) is 168 Å². The highest BCUT2D eigenvalue weighted by molar-refractivity contribution is 6.21. The molecule has 2 aromatic heterocycles. The van der Waals surface area contributed by atoms with E-state index in [2.05, 4.69) is 63.6 Å². The molecule has 14 heteroatoms. The fourth-order valence-corrected chi connectivity index (χ4v) is 11.4. The maximum Gasteiger partial charge on any atom is 0.200 e. The van der Waals surface area contributed by atoms with Gasteiger partial charge in [-0.3, -0.25) is 9.59 Å². The van der Waals surface area contributed by atoms with Gasteiger partial charge in [-0.2, -0.15) is 0 Å². The number of fused-ring (bicyclic) bond motifs is 7. The second kappa shape index (κ2) is 25.3. The average molecular weight is 1110 g/mol. The summed E-state index contributed by atoms with van der Waals surface area (Å²) in [5.41, 5.74) is 12.7. The molecule has 1 aliphatic heterocycles. The van der Waals surface area contributed by atoms with Crippen molar-refractivity contribution in [3.63, 3.8) is 0 Å². The number of aryl methyl sites for hydroxylation is 3. The third-order valence-electron chi connectivity index (χ3n) is 15.2. The van der Waals surface area contributed by atoms with Crippen molar-refractivity contribution in [2.45, 2.75) is 54.1 Å². The van der Waals surface area contributed by atoms with E-state index < -0.39 is 0 Å². The Morgan fingerprint density at radius 1 is 0.530 bits per heavy atom. The molecule has 0 spiro atoms. The van der Waals surface area contributed by atoms with E-state index >= 15 is 0 Å². The number of benzene rings is 8. The summed E-state index contributed by atoms with van der Waals surface area (Å²) >= 11 is 0. The predicted octanol–water partition coefficient (Wildman–Crippen LogP) is 13.6. The van der Waals surface area contributed by atoms with E-state index in [-0.39, 0.29) is 51.2 Å². The number of carbonyl (C=O) groups excluding carboxylic acids is 2. The minimum Gasteiger partial charge on any atom is -0.493 e. The quantitative estimate of drug-likeness (QED) is 0.0203. The summed E-state index contributed by atoms with van der Waals surface area (Å²) in [6.45, 7) is 14.1. The van der Waals surface area contributed by atoms with E-state index in [4.69, 9.17) is 33.3 Å². The summed E-state index contributed by atoms with van der Waals surface area (Å²) < 4.78 is 40.9. The van der Waals surface area contributed by atoms with Gasteiger partial charge < -0.3 is 47.6 Å². The summed E-state index contributed by atoms with van der Waals surface area (Å²) in [7, 11) is 0. The van der Waals surface area contributed by atoms with Gasteiger partial charge in [-0.1, -0.05) is 83.1 Å². The van der Waals surface area contributed by atoms with Gasteiger partial charge >= 0.3 is 0 Å². The number of ether oxygens (including phenoxy) is 6. The van der Waals surface area contributed by atoms with Crippen molar-refractivity contribution >= 4 is 66.6 Å². The maximum absolute atomic E-state index is 14.7. The molecule has 0 fully saturated rings. The molecular weight excluding hydrogens is 1040 g/mol. The number of aromatic nitrogens is 2. The van der Waals surface area contributed by atoms with Gasteiger partial charge in [0.15, 0.2) is 0 Å². The van der Waals surface area contributed by atoms with E-state index in [0.29, 0.717) is 77.3 Å². The Morgan fingerprint density at radius 3 is 1.53 bits per heavy atom. The van der Waals surface area contributed by atoms with Crippen molar-refractivity contribution in [1.82, 2.24) is 9.13 Å². The zero-order valence-electron chi connectivity index (χ0n) is 47.4. The van der Waals surface area contributed by atoms with Crippen LogP contribution in [0.4, 0.5) is 0 Å². The van der Waals surface area contributed by atoms with Crippen molar-refractivity contribution in [1.29, 1.82) is 0 Å². The van der Waals surface area contributed by atoms with E-state index in [9.17, 15) is 14.8 Å². The Kier molecular flexibility index (Phi) is 16.9. The number of rotatable bonds is 24. The molecule has 0 amide bonds. The largest absolute Gasteiger partial charge is 0.493 e. The number of nitrogens with zero attached hydrogens (tertiary/aromatic N) is 4. The van der Waals surface area contributed by atoms with Crippen molar-refractivity contribution in [3.8, 4) is 23.0 Å². The van der Waals surface area contributed by atoms with Gasteiger partial charge in [-0.05, 0) is 131 Å². The van der Waals surface area contributed by atoms with Gasteiger partial charge in [0.05, 0.1) is 39.6 Å². The molecule has 0 radical (unpaired) electrons.